The monoisotopic (exact) mass is 327 g/mol. The quantitative estimate of drug-likeness (QED) is 0.785. The molecule has 2 aliphatic rings. The SMILES string of the molecule is CC(C1CC1)N(C(=O)COc1cc(Cl)cc(Cl)c1)C1CC1. The number of rotatable bonds is 6. The number of carbonyl (C=O) groups is 1. The van der Waals surface area contributed by atoms with Crippen LogP contribution in [0.3, 0.4) is 0 Å². The highest BCUT2D eigenvalue weighted by atomic mass is 35.5. The minimum absolute atomic E-state index is 0.0459. The zero-order valence-electron chi connectivity index (χ0n) is 12.0. The van der Waals surface area contributed by atoms with E-state index in [0.717, 1.165) is 12.8 Å². The van der Waals surface area contributed by atoms with Crippen molar-refractivity contribution in [3.63, 3.8) is 0 Å². The summed E-state index contributed by atoms with van der Waals surface area (Å²) in [4.78, 5) is 14.5. The molecular weight excluding hydrogens is 309 g/mol. The van der Waals surface area contributed by atoms with Crippen LogP contribution in [0.2, 0.25) is 10.0 Å². The fourth-order valence-corrected chi connectivity index (χ4v) is 3.26. The maximum atomic E-state index is 12.5. The molecule has 0 saturated heterocycles. The molecule has 0 aliphatic heterocycles. The van der Waals surface area contributed by atoms with Crippen molar-refractivity contribution in [2.75, 3.05) is 6.61 Å². The Kier molecular flexibility index (Phi) is 4.32. The van der Waals surface area contributed by atoms with E-state index in [4.69, 9.17) is 27.9 Å². The summed E-state index contributed by atoms with van der Waals surface area (Å²) in [7, 11) is 0. The lowest BCUT2D eigenvalue weighted by Crippen LogP contribution is -2.44. The van der Waals surface area contributed by atoms with Crippen LogP contribution < -0.4 is 4.74 Å². The van der Waals surface area contributed by atoms with Crippen LogP contribution in [0.1, 0.15) is 32.6 Å². The molecular formula is C16H19Cl2NO2. The van der Waals surface area contributed by atoms with Crippen molar-refractivity contribution in [3.05, 3.63) is 28.2 Å². The van der Waals surface area contributed by atoms with E-state index in [1.807, 2.05) is 4.90 Å². The molecule has 0 radical (unpaired) electrons. The highest BCUT2D eigenvalue weighted by Gasteiger charge is 2.41. The van der Waals surface area contributed by atoms with Gasteiger partial charge in [0.15, 0.2) is 6.61 Å². The van der Waals surface area contributed by atoms with Gasteiger partial charge in [0.2, 0.25) is 0 Å². The summed E-state index contributed by atoms with van der Waals surface area (Å²) >= 11 is 11.9. The molecule has 0 spiro atoms. The third-order valence-corrected chi connectivity index (χ3v) is 4.61. The van der Waals surface area contributed by atoms with Crippen LogP contribution in [0.4, 0.5) is 0 Å². The van der Waals surface area contributed by atoms with Gasteiger partial charge in [-0.05, 0) is 56.7 Å². The minimum Gasteiger partial charge on any atom is -0.484 e. The maximum absolute atomic E-state index is 12.5. The van der Waals surface area contributed by atoms with Crippen LogP contribution in [0, 0.1) is 5.92 Å². The lowest BCUT2D eigenvalue weighted by molar-refractivity contribution is -0.136. The van der Waals surface area contributed by atoms with E-state index in [1.54, 1.807) is 18.2 Å². The van der Waals surface area contributed by atoms with E-state index in [-0.39, 0.29) is 12.5 Å². The summed E-state index contributed by atoms with van der Waals surface area (Å²) in [6, 6.07) is 5.74. The van der Waals surface area contributed by atoms with Crippen molar-refractivity contribution >= 4 is 29.1 Å². The Bertz CT molecular complexity index is 521. The van der Waals surface area contributed by atoms with Gasteiger partial charge in [0.1, 0.15) is 5.75 Å². The van der Waals surface area contributed by atoms with Gasteiger partial charge in [0.25, 0.3) is 5.91 Å². The van der Waals surface area contributed by atoms with E-state index < -0.39 is 0 Å². The van der Waals surface area contributed by atoms with Gasteiger partial charge in [-0.1, -0.05) is 23.2 Å². The lowest BCUT2D eigenvalue weighted by atomic mass is 10.1. The van der Waals surface area contributed by atoms with Gasteiger partial charge in [-0.15, -0.1) is 0 Å². The molecule has 1 aromatic rings. The third-order valence-electron chi connectivity index (χ3n) is 4.17. The first-order chi connectivity index (χ1) is 10.0. The molecule has 0 N–H and O–H groups in total. The Hall–Kier alpha value is -0.930. The summed E-state index contributed by atoms with van der Waals surface area (Å²) in [5, 5.41) is 1.02. The number of carbonyl (C=O) groups excluding carboxylic acids is 1. The Morgan fingerprint density at radius 2 is 1.86 bits per heavy atom. The van der Waals surface area contributed by atoms with Crippen molar-refractivity contribution in [2.45, 2.75) is 44.7 Å². The number of benzene rings is 1. The molecule has 3 rings (SSSR count). The average molecular weight is 328 g/mol. The van der Waals surface area contributed by atoms with E-state index in [9.17, 15) is 4.79 Å². The smallest absolute Gasteiger partial charge is 0.261 e. The molecule has 21 heavy (non-hydrogen) atoms. The Balaban J connectivity index is 1.61. The van der Waals surface area contributed by atoms with E-state index in [1.165, 1.54) is 12.8 Å². The fourth-order valence-electron chi connectivity index (χ4n) is 2.75. The first kappa shape index (κ1) is 15.0. The lowest BCUT2D eigenvalue weighted by Gasteiger charge is -2.29. The molecule has 3 nitrogen and oxygen atoms in total. The maximum Gasteiger partial charge on any atom is 0.261 e. The van der Waals surface area contributed by atoms with Crippen LogP contribution in [-0.2, 0) is 4.79 Å². The fraction of sp³-hybridized carbons (Fsp3) is 0.562. The molecule has 0 bridgehead atoms. The molecule has 114 valence electrons. The third kappa shape index (κ3) is 3.83. The second-order valence-electron chi connectivity index (χ2n) is 6.00. The zero-order valence-corrected chi connectivity index (χ0v) is 13.5. The first-order valence-corrected chi connectivity index (χ1v) is 8.20. The number of hydrogen-bond acceptors (Lipinski definition) is 2. The molecule has 2 aliphatic carbocycles. The van der Waals surface area contributed by atoms with Crippen LogP contribution in [0.15, 0.2) is 18.2 Å². The van der Waals surface area contributed by atoms with Gasteiger partial charge in [-0.3, -0.25) is 4.79 Å². The normalized spacial score (nSPS) is 19.2. The Labute approximate surface area is 135 Å². The van der Waals surface area contributed by atoms with E-state index in [2.05, 4.69) is 6.92 Å². The molecule has 2 fully saturated rings. The predicted octanol–water partition coefficient (Wildman–Crippen LogP) is 4.16. The van der Waals surface area contributed by atoms with Crippen molar-refractivity contribution in [1.29, 1.82) is 0 Å². The summed E-state index contributed by atoms with van der Waals surface area (Å²) in [6.45, 7) is 2.20. The second kappa shape index (κ2) is 6.05. The summed E-state index contributed by atoms with van der Waals surface area (Å²) < 4.78 is 5.58. The van der Waals surface area contributed by atoms with Crippen LogP contribution in [0.5, 0.6) is 5.75 Å². The van der Waals surface area contributed by atoms with Gasteiger partial charge in [0.05, 0.1) is 0 Å². The molecule has 1 atom stereocenters. The molecule has 0 aromatic heterocycles. The van der Waals surface area contributed by atoms with Crippen molar-refractivity contribution in [2.24, 2.45) is 5.92 Å². The number of nitrogens with zero attached hydrogens (tertiary/aromatic N) is 1. The van der Waals surface area contributed by atoms with Gasteiger partial charge in [-0.2, -0.15) is 0 Å². The van der Waals surface area contributed by atoms with Crippen LogP contribution in [-0.4, -0.2) is 29.5 Å². The van der Waals surface area contributed by atoms with Gasteiger partial charge < -0.3 is 9.64 Å². The molecule has 1 amide bonds. The molecule has 2 saturated carbocycles. The van der Waals surface area contributed by atoms with E-state index in [0.29, 0.717) is 33.8 Å². The number of ether oxygens (including phenoxy) is 1. The average Bonchev–Trinajstić information content (AvgIpc) is 3.25. The second-order valence-corrected chi connectivity index (χ2v) is 6.88. The topological polar surface area (TPSA) is 29.5 Å². The van der Waals surface area contributed by atoms with Crippen LogP contribution in [0.25, 0.3) is 0 Å². The summed E-state index contributed by atoms with van der Waals surface area (Å²) in [5.41, 5.74) is 0. The largest absolute Gasteiger partial charge is 0.484 e. The summed E-state index contributed by atoms with van der Waals surface area (Å²) in [5.74, 6) is 1.28. The van der Waals surface area contributed by atoms with Crippen molar-refractivity contribution in [3.8, 4) is 5.75 Å². The van der Waals surface area contributed by atoms with Crippen LogP contribution >= 0.6 is 23.2 Å². The van der Waals surface area contributed by atoms with E-state index >= 15 is 0 Å². The van der Waals surface area contributed by atoms with Gasteiger partial charge in [-0.25, -0.2) is 0 Å². The zero-order chi connectivity index (χ0) is 15.0. The molecule has 1 unspecified atom stereocenters. The van der Waals surface area contributed by atoms with Crippen molar-refractivity contribution < 1.29 is 9.53 Å². The molecule has 0 heterocycles. The minimum atomic E-state index is 0.0459. The standard InChI is InChI=1S/C16H19Cl2NO2/c1-10(11-2-3-11)19(14-4-5-14)16(20)9-21-15-7-12(17)6-13(18)8-15/h6-8,10-11,14H,2-5,9H2,1H3. The predicted molar refractivity (Wildman–Crippen MR) is 84.0 cm³/mol. The molecule has 5 heteroatoms. The van der Waals surface area contributed by atoms with Crippen molar-refractivity contribution in [1.82, 2.24) is 4.90 Å². The Morgan fingerprint density at radius 3 is 2.38 bits per heavy atom. The summed E-state index contributed by atoms with van der Waals surface area (Å²) in [6.07, 6.45) is 4.71. The highest BCUT2D eigenvalue weighted by molar-refractivity contribution is 6.34. The number of amides is 1. The highest BCUT2D eigenvalue weighted by Crippen LogP contribution is 2.39. The Morgan fingerprint density at radius 1 is 1.24 bits per heavy atom. The van der Waals surface area contributed by atoms with Gasteiger partial charge in [0, 0.05) is 22.1 Å². The van der Waals surface area contributed by atoms with Gasteiger partial charge >= 0.3 is 0 Å². The number of hydrogen-bond donors (Lipinski definition) is 0. The number of halogens is 2. The molecule has 1 aromatic carbocycles. The first-order valence-electron chi connectivity index (χ1n) is 7.44.